The van der Waals surface area contributed by atoms with E-state index >= 15 is 0 Å². The molecule has 0 bridgehead atoms. The van der Waals surface area contributed by atoms with Crippen molar-refractivity contribution in [2.45, 2.75) is 0 Å². The van der Waals surface area contributed by atoms with Gasteiger partial charge in [0.1, 0.15) is 17.2 Å². The van der Waals surface area contributed by atoms with Gasteiger partial charge in [0.05, 0.1) is 33.2 Å². The summed E-state index contributed by atoms with van der Waals surface area (Å²) >= 11 is 0. The minimum atomic E-state index is 0.324. The number of benzene rings is 2. The first kappa shape index (κ1) is 17.3. The van der Waals surface area contributed by atoms with E-state index in [1.165, 1.54) is 6.20 Å². The number of methoxy groups -OCH3 is 3. The Hall–Kier alpha value is -3.55. The van der Waals surface area contributed by atoms with Gasteiger partial charge in [0.15, 0.2) is 5.82 Å². The third-order valence-electron chi connectivity index (χ3n) is 3.55. The molecule has 0 saturated carbocycles. The minimum absolute atomic E-state index is 0.324. The Morgan fingerprint density at radius 1 is 0.846 bits per heavy atom. The highest BCUT2D eigenvalue weighted by atomic mass is 16.5. The molecular formula is C18H19N5O3. The van der Waals surface area contributed by atoms with E-state index in [1.807, 2.05) is 30.3 Å². The van der Waals surface area contributed by atoms with Crippen LogP contribution < -0.4 is 24.8 Å². The molecule has 0 spiro atoms. The fourth-order valence-corrected chi connectivity index (χ4v) is 2.30. The molecule has 3 rings (SSSR count). The van der Waals surface area contributed by atoms with Gasteiger partial charge >= 0.3 is 0 Å². The number of ether oxygens (including phenoxy) is 3. The van der Waals surface area contributed by atoms with E-state index in [0.29, 0.717) is 29.0 Å². The van der Waals surface area contributed by atoms with E-state index in [9.17, 15) is 0 Å². The van der Waals surface area contributed by atoms with E-state index < -0.39 is 0 Å². The van der Waals surface area contributed by atoms with Crippen LogP contribution in [-0.4, -0.2) is 36.5 Å². The third-order valence-corrected chi connectivity index (χ3v) is 3.55. The molecule has 0 unspecified atom stereocenters. The van der Waals surface area contributed by atoms with Gasteiger partial charge in [-0.25, -0.2) is 0 Å². The maximum atomic E-state index is 5.34. The van der Waals surface area contributed by atoms with Crippen LogP contribution in [0.2, 0.25) is 0 Å². The Balaban J connectivity index is 1.81. The van der Waals surface area contributed by atoms with Crippen LogP contribution in [0.4, 0.5) is 23.1 Å². The van der Waals surface area contributed by atoms with Gasteiger partial charge in [0, 0.05) is 17.8 Å². The average molecular weight is 353 g/mol. The maximum Gasteiger partial charge on any atom is 0.249 e. The van der Waals surface area contributed by atoms with E-state index in [1.54, 1.807) is 33.5 Å². The number of hydrogen-bond donors (Lipinski definition) is 2. The Kier molecular flexibility index (Phi) is 5.33. The first-order chi connectivity index (χ1) is 12.7. The van der Waals surface area contributed by atoms with Crippen molar-refractivity contribution < 1.29 is 14.2 Å². The van der Waals surface area contributed by atoms with Crippen molar-refractivity contribution in [2.75, 3.05) is 32.0 Å². The highest BCUT2D eigenvalue weighted by Gasteiger charge is 2.08. The van der Waals surface area contributed by atoms with Gasteiger partial charge in [-0.1, -0.05) is 6.07 Å². The predicted octanol–water partition coefficient (Wildman–Crippen LogP) is 3.38. The summed E-state index contributed by atoms with van der Waals surface area (Å²) in [6.07, 6.45) is 1.54. The van der Waals surface area contributed by atoms with Crippen molar-refractivity contribution in [2.24, 2.45) is 0 Å². The smallest absolute Gasteiger partial charge is 0.249 e. The second-order valence-electron chi connectivity index (χ2n) is 5.21. The number of hydrogen-bond acceptors (Lipinski definition) is 8. The summed E-state index contributed by atoms with van der Waals surface area (Å²) in [5.74, 6) is 2.94. The highest BCUT2D eigenvalue weighted by Crippen LogP contribution is 2.30. The Bertz CT molecular complexity index is 888. The molecule has 0 aliphatic rings. The zero-order valence-corrected chi connectivity index (χ0v) is 14.7. The number of rotatable bonds is 7. The van der Waals surface area contributed by atoms with Crippen LogP contribution in [0, 0.1) is 0 Å². The molecule has 0 aliphatic heterocycles. The summed E-state index contributed by atoms with van der Waals surface area (Å²) in [7, 11) is 4.81. The van der Waals surface area contributed by atoms with Gasteiger partial charge in [-0.2, -0.15) is 10.1 Å². The molecular weight excluding hydrogens is 334 g/mol. The standard InChI is InChI=1S/C18H19N5O3/c1-24-13-6-4-5-12(9-13)20-17-11-19-23-18(22-17)21-15-10-14(25-2)7-8-16(15)26-3/h4-11H,1-3H3,(H2,20,21,22,23). The maximum absolute atomic E-state index is 5.34. The molecule has 0 radical (unpaired) electrons. The number of anilines is 4. The van der Waals surface area contributed by atoms with Crippen LogP contribution in [-0.2, 0) is 0 Å². The quantitative estimate of drug-likeness (QED) is 0.668. The molecule has 2 N–H and O–H groups in total. The van der Waals surface area contributed by atoms with Gasteiger partial charge < -0.3 is 24.8 Å². The molecule has 0 saturated heterocycles. The molecule has 1 heterocycles. The molecule has 134 valence electrons. The lowest BCUT2D eigenvalue weighted by Gasteiger charge is -2.12. The SMILES string of the molecule is COc1cccc(Nc2cnnc(Nc3cc(OC)ccc3OC)n2)c1. The van der Waals surface area contributed by atoms with Crippen LogP contribution in [0.1, 0.15) is 0 Å². The normalized spacial score (nSPS) is 10.1. The fraction of sp³-hybridized carbons (Fsp3) is 0.167. The molecule has 0 amide bonds. The van der Waals surface area contributed by atoms with E-state index in [2.05, 4.69) is 25.8 Å². The van der Waals surface area contributed by atoms with Gasteiger partial charge in [-0.05, 0) is 24.3 Å². The summed E-state index contributed by atoms with van der Waals surface area (Å²) in [5.41, 5.74) is 1.50. The van der Waals surface area contributed by atoms with Crippen LogP contribution in [0.3, 0.4) is 0 Å². The first-order valence-electron chi connectivity index (χ1n) is 7.81. The largest absolute Gasteiger partial charge is 0.497 e. The lowest BCUT2D eigenvalue weighted by Crippen LogP contribution is -2.03. The Labute approximate surface area is 151 Å². The molecule has 1 aromatic heterocycles. The second kappa shape index (κ2) is 8.02. The van der Waals surface area contributed by atoms with Crippen molar-refractivity contribution in [3.8, 4) is 17.2 Å². The number of aromatic nitrogens is 3. The second-order valence-corrected chi connectivity index (χ2v) is 5.21. The molecule has 3 aromatic rings. The highest BCUT2D eigenvalue weighted by molar-refractivity contribution is 5.66. The van der Waals surface area contributed by atoms with Gasteiger partial charge in [-0.3, -0.25) is 0 Å². The summed E-state index contributed by atoms with van der Waals surface area (Å²) in [4.78, 5) is 4.42. The van der Waals surface area contributed by atoms with Crippen molar-refractivity contribution in [1.29, 1.82) is 0 Å². The minimum Gasteiger partial charge on any atom is -0.497 e. The van der Waals surface area contributed by atoms with E-state index in [-0.39, 0.29) is 0 Å². The first-order valence-corrected chi connectivity index (χ1v) is 7.81. The Morgan fingerprint density at radius 3 is 2.42 bits per heavy atom. The molecule has 0 atom stereocenters. The molecule has 0 aliphatic carbocycles. The van der Waals surface area contributed by atoms with E-state index in [4.69, 9.17) is 14.2 Å². The zero-order valence-electron chi connectivity index (χ0n) is 14.7. The lowest BCUT2D eigenvalue weighted by atomic mass is 10.2. The summed E-state index contributed by atoms with van der Waals surface area (Å²) in [5, 5.41) is 14.2. The van der Waals surface area contributed by atoms with Gasteiger partial charge in [0.25, 0.3) is 0 Å². The third kappa shape index (κ3) is 4.10. The molecule has 2 aromatic carbocycles. The van der Waals surface area contributed by atoms with Crippen molar-refractivity contribution in [3.63, 3.8) is 0 Å². The van der Waals surface area contributed by atoms with Crippen molar-refractivity contribution in [3.05, 3.63) is 48.7 Å². The van der Waals surface area contributed by atoms with Gasteiger partial charge in [-0.15, -0.1) is 5.10 Å². The van der Waals surface area contributed by atoms with Crippen molar-refractivity contribution in [1.82, 2.24) is 15.2 Å². The fourth-order valence-electron chi connectivity index (χ4n) is 2.30. The van der Waals surface area contributed by atoms with E-state index in [0.717, 1.165) is 11.4 Å². The Morgan fingerprint density at radius 2 is 1.65 bits per heavy atom. The summed E-state index contributed by atoms with van der Waals surface area (Å²) < 4.78 is 15.8. The predicted molar refractivity (Wildman–Crippen MR) is 98.9 cm³/mol. The summed E-state index contributed by atoms with van der Waals surface area (Å²) in [6, 6.07) is 12.9. The zero-order chi connectivity index (χ0) is 18.4. The van der Waals surface area contributed by atoms with Crippen LogP contribution in [0.25, 0.3) is 0 Å². The molecule has 8 nitrogen and oxygen atoms in total. The number of nitrogens with zero attached hydrogens (tertiary/aromatic N) is 3. The molecule has 8 heteroatoms. The van der Waals surface area contributed by atoms with Crippen molar-refractivity contribution >= 4 is 23.1 Å². The van der Waals surface area contributed by atoms with Crippen LogP contribution in [0.15, 0.2) is 48.7 Å². The lowest BCUT2D eigenvalue weighted by molar-refractivity contribution is 0.405. The monoisotopic (exact) mass is 353 g/mol. The molecule has 26 heavy (non-hydrogen) atoms. The summed E-state index contributed by atoms with van der Waals surface area (Å²) in [6.45, 7) is 0. The average Bonchev–Trinajstić information content (AvgIpc) is 2.68. The van der Waals surface area contributed by atoms with Crippen LogP contribution in [0.5, 0.6) is 17.2 Å². The number of nitrogens with one attached hydrogen (secondary N) is 2. The topological polar surface area (TPSA) is 90.4 Å². The van der Waals surface area contributed by atoms with Crippen LogP contribution >= 0.6 is 0 Å². The molecule has 0 fully saturated rings. The van der Waals surface area contributed by atoms with Gasteiger partial charge in [0.2, 0.25) is 5.95 Å².